The lowest BCUT2D eigenvalue weighted by Gasteiger charge is -2.15. The average Bonchev–Trinajstić information content (AvgIpc) is 3.35. The molecule has 4 rings (SSSR count). The highest BCUT2D eigenvalue weighted by Gasteiger charge is 2.26. The fraction of sp³-hybridized carbons (Fsp3) is 0.348. The van der Waals surface area contributed by atoms with Crippen molar-refractivity contribution in [3.05, 3.63) is 52.1 Å². The summed E-state index contributed by atoms with van der Waals surface area (Å²) in [5, 5.41) is 5.64. The van der Waals surface area contributed by atoms with Crippen LogP contribution in [0.5, 0.6) is 0 Å². The van der Waals surface area contributed by atoms with Crippen molar-refractivity contribution < 1.29 is 18.8 Å². The van der Waals surface area contributed by atoms with Crippen LogP contribution in [0.15, 0.2) is 18.2 Å². The van der Waals surface area contributed by atoms with Crippen LogP contribution >= 0.6 is 0 Å². The zero-order valence-corrected chi connectivity index (χ0v) is 17.6. The van der Waals surface area contributed by atoms with E-state index in [1.165, 1.54) is 18.2 Å². The molecule has 31 heavy (non-hydrogen) atoms. The van der Waals surface area contributed by atoms with Crippen molar-refractivity contribution in [3.63, 3.8) is 0 Å². The number of hydrogen-bond donors (Lipinski definition) is 3. The predicted octanol–water partition coefficient (Wildman–Crippen LogP) is 3.01. The quantitative estimate of drug-likeness (QED) is 0.492. The number of aromatic amines is 1. The molecular weight excluding hydrogens is 399 g/mol. The maximum absolute atomic E-state index is 13.7. The van der Waals surface area contributed by atoms with Crippen LogP contribution in [0, 0.1) is 19.7 Å². The van der Waals surface area contributed by atoms with Crippen LogP contribution in [0.4, 0.5) is 10.1 Å². The zero-order chi connectivity index (χ0) is 22.1. The van der Waals surface area contributed by atoms with Crippen LogP contribution < -0.4 is 10.6 Å². The summed E-state index contributed by atoms with van der Waals surface area (Å²) >= 11 is 0. The summed E-state index contributed by atoms with van der Waals surface area (Å²) in [5.74, 6) is -0.754. The van der Waals surface area contributed by atoms with Crippen molar-refractivity contribution in [2.24, 2.45) is 0 Å². The number of anilines is 1. The number of benzene rings is 1. The van der Waals surface area contributed by atoms with Gasteiger partial charge in [0, 0.05) is 48.7 Å². The number of halogens is 1. The second kappa shape index (κ2) is 8.37. The van der Waals surface area contributed by atoms with E-state index >= 15 is 0 Å². The molecule has 0 atom stereocenters. The van der Waals surface area contributed by atoms with Crippen LogP contribution in [-0.4, -0.2) is 47.2 Å². The largest absolute Gasteiger partial charge is 0.358 e. The molecule has 0 aliphatic carbocycles. The number of amides is 3. The van der Waals surface area contributed by atoms with Gasteiger partial charge in [-0.3, -0.25) is 14.4 Å². The molecule has 162 valence electrons. The van der Waals surface area contributed by atoms with Crippen molar-refractivity contribution >= 4 is 35.1 Å². The molecule has 1 aromatic carbocycles. The Morgan fingerprint density at radius 2 is 2.10 bits per heavy atom. The van der Waals surface area contributed by atoms with Gasteiger partial charge in [0.15, 0.2) is 0 Å². The lowest BCUT2D eigenvalue weighted by Crippen LogP contribution is -2.31. The Kier molecular flexibility index (Phi) is 5.63. The molecule has 1 saturated heterocycles. The molecule has 8 heteroatoms. The van der Waals surface area contributed by atoms with Crippen molar-refractivity contribution in [2.45, 2.75) is 33.1 Å². The van der Waals surface area contributed by atoms with E-state index in [9.17, 15) is 18.8 Å². The molecule has 0 unspecified atom stereocenters. The first-order valence-corrected chi connectivity index (χ1v) is 10.4. The van der Waals surface area contributed by atoms with E-state index in [1.807, 2.05) is 11.8 Å². The van der Waals surface area contributed by atoms with Gasteiger partial charge in [0.25, 0.3) is 11.8 Å². The molecule has 2 aliphatic rings. The number of carbonyl (C=O) groups excluding carboxylic acids is 3. The number of rotatable bonds is 6. The lowest BCUT2D eigenvalue weighted by atomic mass is 10.0. The van der Waals surface area contributed by atoms with Gasteiger partial charge in [-0.2, -0.15) is 0 Å². The molecule has 1 fully saturated rings. The number of carbonyl (C=O) groups is 3. The second-order valence-electron chi connectivity index (χ2n) is 7.96. The maximum Gasteiger partial charge on any atom is 0.256 e. The summed E-state index contributed by atoms with van der Waals surface area (Å²) in [6, 6.07) is 4.15. The highest BCUT2D eigenvalue weighted by Crippen LogP contribution is 2.34. The minimum absolute atomic E-state index is 0.179. The minimum Gasteiger partial charge on any atom is -0.358 e. The van der Waals surface area contributed by atoms with Crippen LogP contribution in [0.25, 0.3) is 11.6 Å². The summed E-state index contributed by atoms with van der Waals surface area (Å²) < 4.78 is 13.7. The first-order valence-electron chi connectivity index (χ1n) is 10.4. The Morgan fingerprint density at radius 1 is 1.29 bits per heavy atom. The number of aromatic nitrogens is 1. The number of hydrogen-bond acceptors (Lipinski definition) is 3. The number of nitrogens with one attached hydrogen (secondary N) is 3. The summed E-state index contributed by atoms with van der Waals surface area (Å²) in [4.78, 5) is 41.8. The molecule has 3 N–H and O–H groups in total. The number of likely N-dealkylation sites (tertiary alicyclic amines) is 1. The van der Waals surface area contributed by atoms with Gasteiger partial charge in [0.1, 0.15) is 5.82 Å². The van der Waals surface area contributed by atoms with E-state index in [1.54, 1.807) is 13.0 Å². The van der Waals surface area contributed by atoms with Crippen LogP contribution in [-0.2, 0) is 9.59 Å². The summed E-state index contributed by atoms with van der Waals surface area (Å²) in [6.07, 6.45) is 3.86. The van der Waals surface area contributed by atoms with E-state index < -0.39 is 5.82 Å². The standard InChI is InChI=1S/C23H25FN4O3/c1-13-19(12-17-16-11-15(24)6-7-18(16)27-22(17)30)26-14(2)21(13)23(31)25-8-4-10-28-9-3-5-20(28)29/h6-7,11-12,26H,3-5,8-10H2,1-2H3,(H,25,31)(H,27,30). The van der Waals surface area contributed by atoms with E-state index in [2.05, 4.69) is 15.6 Å². The fourth-order valence-corrected chi connectivity index (χ4v) is 4.21. The van der Waals surface area contributed by atoms with Crippen LogP contribution in [0.3, 0.4) is 0 Å². The fourth-order valence-electron chi connectivity index (χ4n) is 4.21. The number of fused-ring (bicyclic) bond motifs is 1. The first kappa shape index (κ1) is 20.8. The van der Waals surface area contributed by atoms with Gasteiger partial charge < -0.3 is 20.5 Å². The molecule has 3 heterocycles. The molecule has 0 spiro atoms. The lowest BCUT2D eigenvalue weighted by molar-refractivity contribution is -0.127. The van der Waals surface area contributed by atoms with E-state index in [4.69, 9.17) is 0 Å². The predicted molar refractivity (Wildman–Crippen MR) is 116 cm³/mol. The van der Waals surface area contributed by atoms with Gasteiger partial charge in [-0.05, 0) is 56.5 Å². The maximum atomic E-state index is 13.7. The molecule has 7 nitrogen and oxygen atoms in total. The topological polar surface area (TPSA) is 94.3 Å². The van der Waals surface area contributed by atoms with Gasteiger partial charge in [-0.25, -0.2) is 4.39 Å². The Morgan fingerprint density at radius 3 is 2.84 bits per heavy atom. The zero-order valence-electron chi connectivity index (χ0n) is 17.6. The molecule has 0 radical (unpaired) electrons. The summed E-state index contributed by atoms with van der Waals surface area (Å²) in [7, 11) is 0. The third-order valence-corrected chi connectivity index (χ3v) is 5.82. The van der Waals surface area contributed by atoms with Gasteiger partial charge >= 0.3 is 0 Å². The van der Waals surface area contributed by atoms with E-state index in [0.29, 0.717) is 59.7 Å². The first-order chi connectivity index (χ1) is 14.8. The minimum atomic E-state index is -0.420. The second-order valence-corrected chi connectivity index (χ2v) is 7.96. The number of H-pyrrole nitrogens is 1. The Bertz CT molecular complexity index is 1100. The van der Waals surface area contributed by atoms with Gasteiger partial charge in [0.05, 0.1) is 11.1 Å². The third-order valence-electron chi connectivity index (χ3n) is 5.82. The SMILES string of the molecule is Cc1[nH]c(C=C2C(=O)Nc3ccc(F)cc32)c(C)c1C(=O)NCCCN1CCCC1=O. The van der Waals surface area contributed by atoms with Gasteiger partial charge in [-0.1, -0.05) is 0 Å². The molecular formula is C23H25FN4O3. The highest BCUT2D eigenvalue weighted by atomic mass is 19.1. The average molecular weight is 424 g/mol. The number of aryl methyl sites for hydroxylation is 1. The molecule has 3 amide bonds. The van der Waals surface area contributed by atoms with Crippen molar-refractivity contribution in [3.8, 4) is 0 Å². The van der Waals surface area contributed by atoms with Gasteiger partial charge in [-0.15, -0.1) is 0 Å². The Balaban J connectivity index is 1.47. The van der Waals surface area contributed by atoms with Crippen molar-refractivity contribution in [2.75, 3.05) is 25.0 Å². The highest BCUT2D eigenvalue weighted by molar-refractivity contribution is 6.34. The molecule has 2 aromatic rings. The molecule has 2 aliphatic heterocycles. The van der Waals surface area contributed by atoms with Gasteiger partial charge in [0.2, 0.25) is 5.91 Å². The number of nitrogens with zero attached hydrogens (tertiary/aromatic N) is 1. The Hall–Kier alpha value is -3.42. The molecule has 0 saturated carbocycles. The van der Waals surface area contributed by atoms with Crippen molar-refractivity contribution in [1.29, 1.82) is 0 Å². The third kappa shape index (κ3) is 4.10. The van der Waals surface area contributed by atoms with Crippen LogP contribution in [0.1, 0.15) is 52.1 Å². The Labute approximate surface area is 179 Å². The van der Waals surface area contributed by atoms with Crippen molar-refractivity contribution in [1.82, 2.24) is 15.2 Å². The van der Waals surface area contributed by atoms with Crippen LogP contribution in [0.2, 0.25) is 0 Å². The van der Waals surface area contributed by atoms with E-state index in [0.717, 1.165) is 18.5 Å². The smallest absolute Gasteiger partial charge is 0.256 e. The summed E-state index contributed by atoms with van der Waals surface area (Å²) in [5.41, 5.74) is 3.98. The summed E-state index contributed by atoms with van der Waals surface area (Å²) in [6.45, 7) is 5.52. The molecule has 1 aromatic heterocycles. The molecule has 0 bridgehead atoms. The normalized spacial score (nSPS) is 16.7. The van der Waals surface area contributed by atoms with E-state index in [-0.39, 0.29) is 17.7 Å². The monoisotopic (exact) mass is 424 g/mol.